The predicted molar refractivity (Wildman–Crippen MR) is 104 cm³/mol. The van der Waals surface area contributed by atoms with Crippen molar-refractivity contribution in [2.45, 2.75) is 52.2 Å². The monoisotopic (exact) mass is 353 g/mol. The molecule has 138 valence electrons. The Morgan fingerprint density at radius 2 is 1.62 bits per heavy atom. The molecule has 3 atom stereocenters. The second-order valence-corrected chi connectivity index (χ2v) is 6.28. The van der Waals surface area contributed by atoms with Gasteiger partial charge in [-0.05, 0) is 29.5 Å². The highest BCUT2D eigenvalue weighted by Crippen LogP contribution is 2.24. The summed E-state index contributed by atoms with van der Waals surface area (Å²) in [5.41, 5.74) is 3.43. The number of ether oxygens (including phenoxy) is 1. The first-order valence-electron chi connectivity index (χ1n) is 9.20. The van der Waals surface area contributed by atoms with Gasteiger partial charge in [-0.3, -0.25) is 4.79 Å². The average Bonchev–Trinajstić information content (AvgIpc) is 2.69. The van der Waals surface area contributed by atoms with E-state index in [1.54, 1.807) is 6.92 Å². The largest absolute Gasteiger partial charge is 0.458 e. The highest BCUT2D eigenvalue weighted by Gasteiger charge is 2.40. The summed E-state index contributed by atoms with van der Waals surface area (Å²) in [7, 11) is 0. The number of amides is 1. The lowest BCUT2D eigenvalue weighted by Crippen LogP contribution is -2.58. The molecule has 0 bridgehead atoms. The van der Waals surface area contributed by atoms with Gasteiger partial charge in [0.15, 0.2) is 6.04 Å². The van der Waals surface area contributed by atoms with Gasteiger partial charge in [-0.1, -0.05) is 75.4 Å². The standard InChI is InChI=1S/C20H21NO3.C2H6/c1-13(12-18(22)21-19-14(2)24-20(19)23)15-8-10-17(11-9-15)16-6-4-3-5-7-16;1-2/h3-11,13-14,19H,12H2,1-2H3,(H,21,22);1-2H3/t13?,14-,19+;/m0./s1. The van der Waals surface area contributed by atoms with Crippen LogP contribution in [0.15, 0.2) is 54.6 Å². The summed E-state index contributed by atoms with van der Waals surface area (Å²) in [4.78, 5) is 23.4. The van der Waals surface area contributed by atoms with Crippen molar-refractivity contribution in [3.05, 3.63) is 60.2 Å². The normalized spacial score (nSPS) is 19.3. The van der Waals surface area contributed by atoms with E-state index in [4.69, 9.17) is 4.74 Å². The van der Waals surface area contributed by atoms with Gasteiger partial charge >= 0.3 is 5.97 Å². The minimum absolute atomic E-state index is 0.0845. The summed E-state index contributed by atoms with van der Waals surface area (Å²) in [5, 5.41) is 2.74. The summed E-state index contributed by atoms with van der Waals surface area (Å²) < 4.78 is 4.84. The predicted octanol–water partition coefficient (Wildman–Crippen LogP) is 4.30. The van der Waals surface area contributed by atoms with Crippen LogP contribution >= 0.6 is 0 Å². The number of carbonyl (C=O) groups excluding carboxylic acids is 2. The number of nitrogens with one attached hydrogen (secondary N) is 1. The molecule has 3 rings (SSSR count). The van der Waals surface area contributed by atoms with Crippen LogP contribution in [0.1, 0.15) is 45.6 Å². The van der Waals surface area contributed by atoms with Crippen molar-refractivity contribution in [1.29, 1.82) is 0 Å². The molecule has 1 amide bonds. The van der Waals surface area contributed by atoms with Gasteiger partial charge in [0.2, 0.25) is 5.91 Å². The van der Waals surface area contributed by atoms with E-state index in [0.29, 0.717) is 6.42 Å². The Labute approximate surface area is 155 Å². The molecule has 26 heavy (non-hydrogen) atoms. The van der Waals surface area contributed by atoms with Gasteiger partial charge in [0.1, 0.15) is 6.10 Å². The SMILES string of the molecule is CC.CC(CC(=O)N[C@H]1C(=O)O[C@H]1C)c1ccc(-c2ccccc2)cc1. The maximum Gasteiger partial charge on any atom is 0.332 e. The van der Waals surface area contributed by atoms with Gasteiger partial charge in [-0.15, -0.1) is 0 Å². The van der Waals surface area contributed by atoms with Crippen molar-refractivity contribution in [3.8, 4) is 11.1 Å². The fourth-order valence-electron chi connectivity index (χ4n) is 2.88. The van der Waals surface area contributed by atoms with E-state index in [-0.39, 0.29) is 23.9 Å². The van der Waals surface area contributed by atoms with E-state index in [0.717, 1.165) is 11.1 Å². The number of cyclic esters (lactones) is 1. The molecule has 1 N–H and O–H groups in total. The summed E-state index contributed by atoms with van der Waals surface area (Å²) in [5.74, 6) is -0.389. The maximum absolute atomic E-state index is 12.1. The van der Waals surface area contributed by atoms with Crippen LogP contribution in [0, 0.1) is 0 Å². The number of benzene rings is 2. The molecule has 0 spiro atoms. The molecule has 0 saturated carbocycles. The van der Waals surface area contributed by atoms with Crippen molar-refractivity contribution in [2.24, 2.45) is 0 Å². The zero-order chi connectivity index (χ0) is 19.1. The summed E-state index contributed by atoms with van der Waals surface area (Å²) in [6, 6.07) is 17.9. The van der Waals surface area contributed by atoms with Crippen LogP contribution in [0.25, 0.3) is 11.1 Å². The molecular formula is C22H27NO3. The van der Waals surface area contributed by atoms with E-state index < -0.39 is 6.04 Å². The summed E-state index contributed by atoms with van der Waals surface area (Å²) in [6.45, 7) is 7.79. The first kappa shape index (κ1) is 19.7. The van der Waals surface area contributed by atoms with Gasteiger partial charge in [-0.25, -0.2) is 4.79 Å². The van der Waals surface area contributed by atoms with E-state index in [9.17, 15) is 9.59 Å². The Morgan fingerprint density at radius 1 is 1.04 bits per heavy atom. The van der Waals surface area contributed by atoms with Crippen molar-refractivity contribution in [3.63, 3.8) is 0 Å². The lowest BCUT2D eigenvalue weighted by atomic mass is 9.94. The number of hydrogen-bond acceptors (Lipinski definition) is 3. The highest BCUT2D eigenvalue weighted by molar-refractivity contribution is 5.88. The first-order chi connectivity index (χ1) is 12.5. The molecule has 1 aliphatic rings. The van der Waals surface area contributed by atoms with Crippen LogP contribution in [0.3, 0.4) is 0 Å². The third-order valence-corrected chi connectivity index (χ3v) is 4.42. The van der Waals surface area contributed by atoms with Crippen molar-refractivity contribution >= 4 is 11.9 Å². The summed E-state index contributed by atoms with van der Waals surface area (Å²) >= 11 is 0. The van der Waals surface area contributed by atoms with Crippen LogP contribution in [-0.4, -0.2) is 24.0 Å². The zero-order valence-electron chi connectivity index (χ0n) is 15.9. The smallest absolute Gasteiger partial charge is 0.332 e. The zero-order valence-corrected chi connectivity index (χ0v) is 15.9. The summed E-state index contributed by atoms with van der Waals surface area (Å²) in [6.07, 6.45) is 0.114. The second-order valence-electron chi connectivity index (χ2n) is 6.28. The second kappa shape index (κ2) is 9.18. The Balaban J connectivity index is 0.00000117. The molecule has 1 saturated heterocycles. The fourth-order valence-corrected chi connectivity index (χ4v) is 2.88. The molecule has 1 aliphatic heterocycles. The molecule has 4 heteroatoms. The molecule has 0 aromatic heterocycles. The molecule has 1 heterocycles. The maximum atomic E-state index is 12.1. The quantitative estimate of drug-likeness (QED) is 0.815. The minimum Gasteiger partial charge on any atom is -0.458 e. The first-order valence-corrected chi connectivity index (χ1v) is 9.20. The Kier molecular flexibility index (Phi) is 6.96. The van der Waals surface area contributed by atoms with E-state index in [2.05, 4.69) is 41.7 Å². The molecule has 1 fully saturated rings. The Bertz CT molecular complexity index is 725. The highest BCUT2D eigenvalue weighted by atomic mass is 16.6. The number of hydrogen-bond donors (Lipinski definition) is 1. The number of esters is 1. The van der Waals surface area contributed by atoms with Crippen LogP contribution in [0.4, 0.5) is 0 Å². The molecule has 0 aliphatic carbocycles. The van der Waals surface area contributed by atoms with E-state index in [1.165, 1.54) is 5.56 Å². The molecule has 1 unspecified atom stereocenters. The third-order valence-electron chi connectivity index (χ3n) is 4.42. The molecule has 4 nitrogen and oxygen atoms in total. The van der Waals surface area contributed by atoms with Crippen molar-refractivity contribution in [2.75, 3.05) is 0 Å². The minimum atomic E-state index is -0.495. The topological polar surface area (TPSA) is 55.4 Å². The fraction of sp³-hybridized carbons (Fsp3) is 0.364. The van der Waals surface area contributed by atoms with Crippen LogP contribution in [-0.2, 0) is 14.3 Å². The Morgan fingerprint density at radius 3 is 2.15 bits per heavy atom. The van der Waals surface area contributed by atoms with Crippen molar-refractivity contribution in [1.82, 2.24) is 5.32 Å². The molecule has 2 aromatic rings. The third kappa shape index (κ3) is 4.72. The van der Waals surface area contributed by atoms with Crippen LogP contribution in [0.5, 0.6) is 0 Å². The number of carbonyl (C=O) groups is 2. The van der Waals surface area contributed by atoms with Gasteiger partial charge in [0, 0.05) is 6.42 Å². The van der Waals surface area contributed by atoms with E-state index >= 15 is 0 Å². The lowest BCUT2D eigenvalue weighted by molar-refractivity contribution is -0.176. The molecule has 2 aromatic carbocycles. The van der Waals surface area contributed by atoms with Crippen LogP contribution in [0.2, 0.25) is 0 Å². The van der Waals surface area contributed by atoms with Crippen molar-refractivity contribution < 1.29 is 14.3 Å². The molecule has 0 radical (unpaired) electrons. The number of rotatable bonds is 5. The van der Waals surface area contributed by atoms with Gasteiger partial charge < -0.3 is 10.1 Å². The van der Waals surface area contributed by atoms with E-state index in [1.807, 2.05) is 39.0 Å². The average molecular weight is 353 g/mol. The van der Waals surface area contributed by atoms with Gasteiger partial charge in [0.25, 0.3) is 0 Å². The Hall–Kier alpha value is -2.62. The van der Waals surface area contributed by atoms with Gasteiger partial charge in [0.05, 0.1) is 0 Å². The van der Waals surface area contributed by atoms with Crippen LogP contribution < -0.4 is 5.32 Å². The molecular weight excluding hydrogens is 326 g/mol. The lowest BCUT2D eigenvalue weighted by Gasteiger charge is -2.33. The van der Waals surface area contributed by atoms with Gasteiger partial charge in [-0.2, -0.15) is 0 Å².